The largest absolute Gasteiger partial charge is 0.493 e. The monoisotopic (exact) mass is 369 g/mol. The Morgan fingerprint density at radius 1 is 0.852 bits per heavy atom. The summed E-state index contributed by atoms with van der Waals surface area (Å²) in [5.41, 5.74) is 1.21. The number of ether oxygens (including phenoxy) is 2. The molecule has 1 fully saturated rings. The van der Waals surface area contributed by atoms with E-state index in [9.17, 15) is 9.59 Å². The lowest BCUT2D eigenvalue weighted by molar-refractivity contribution is 0.0668. The van der Waals surface area contributed by atoms with Crippen LogP contribution in [0.1, 0.15) is 10.4 Å². The summed E-state index contributed by atoms with van der Waals surface area (Å²) < 4.78 is 10.6. The van der Waals surface area contributed by atoms with Gasteiger partial charge in [-0.1, -0.05) is 24.3 Å². The molecule has 7 nitrogen and oxygen atoms in total. The zero-order chi connectivity index (χ0) is 19.2. The van der Waals surface area contributed by atoms with Gasteiger partial charge in [0.05, 0.1) is 19.8 Å². The molecule has 0 atom stereocenters. The van der Waals surface area contributed by atoms with Gasteiger partial charge >= 0.3 is 6.03 Å². The third-order valence-corrected chi connectivity index (χ3v) is 4.51. The maximum absolute atomic E-state index is 12.9. The lowest BCUT2D eigenvalue weighted by atomic mass is 10.1. The first-order chi connectivity index (χ1) is 13.1. The number of hydrogen-bond acceptors (Lipinski definition) is 4. The van der Waals surface area contributed by atoms with Gasteiger partial charge in [0.15, 0.2) is 11.5 Å². The molecule has 1 saturated heterocycles. The van der Waals surface area contributed by atoms with Crippen LogP contribution in [0.3, 0.4) is 0 Å². The molecule has 1 N–H and O–H groups in total. The predicted octanol–water partition coefficient (Wildman–Crippen LogP) is 2.69. The Hall–Kier alpha value is -3.22. The fourth-order valence-corrected chi connectivity index (χ4v) is 3.06. The van der Waals surface area contributed by atoms with Gasteiger partial charge in [-0.2, -0.15) is 0 Å². The van der Waals surface area contributed by atoms with E-state index in [-0.39, 0.29) is 11.9 Å². The Labute approximate surface area is 158 Å². The van der Waals surface area contributed by atoms with Crippen molar-refractivity contribution in [2.45, 2.75) is 0 Å². The fourth-order valence-electron chi connectivity index (χ4n) is 3.06. The Bertz CT molecular complexity index is 802. The van der Waals surface area contributed by atoms with E-state index >= 15 is 0 Å². The van der Waals surface area contributed by atoms with Gasteiger partial charge in [0.2, 0.25) is 0 Å². The minimum absolute atomic E-state index is 0.131. The lowest BCUT2D eigenvalue weighted by Gasteiger charge is -2.35. The number of carbonyl (C=O) groups excluding carboxylic acids is 2. The number of benzene rings is 2. The Kier molecular flexibility index (Phi) is 5.80. The minimum atomic E-state index is -0.160. The molecule has 7 heteroatoms. The van der Waals surface area contributed by atoms with Crippen molar-refractivity contribution in [3.63, 3.8) is 0 Å². The van der Waals surface area contributed by atoms with Gasteiger partial charge in [-0.15, -0.1) is 0 Å². The van der Waals surface area contributed by atoms with Crippen LogP contribution in [0.5, 0.6) is 11.5 Å². The third kappa shape index (κ3) is 4.13. The Morgan fingerprint density at radius 3 is 2.15 bits per heavy atom. The SMILES string of the molecule is COc1cccc(C(=O)N2CCN(C(=O)Nc3ccccc3)CC2)c1OC. The number of methoxy groups -OCH3 is 2. The molecule has 3 rings (SSSR count). The molecule has 142 valence electrons. The zero-order valence-electron chi connectivity index (χ0n) is 15.5. The van der Waals surface area contributed by atoms with Gasteiger partial charge in [0.1, 0.15) is 0 Å². The highest BCUT2D eigenvalue weighted by molar-refractivity contribution is 5.98. The first-order valence-corrected chi connectivity index (χ1v) is 8.75. The standard InChI is InChI=1S/C20H23N3O4/c1-26-17-10-6-9-16(18(17)27-2)19(24)22-11-13-23(14-12-22)20(25)21-15-7-4-3-5-8-15/h3-10H,11-14H2,1-2H3,(H,21,25). The van der Waals surface area contributed by atoms with Crippen molar-refractivity contribution in [2.75, 3.05) is 45.7 Å². The summed E-state index contributed by atoms with van der Waals surface area (Å²) in [6, 6.07) is 14.4. The number of nitrogens with one attached hydrogen (secondary N) is 1. The summed E-state index contributed by atoms with van der Waals surface area (Å²) in [7, 11) is 3.05. The number of rotatable bonds is 4. The summed E-state index contributed by atoms with van der Waals surface area (Å²) in [6.07, 6.45) is 0. The molecule has 0 aromatic heterocycles. The second-order valence-corrected chi connectivity index (χ2v) is 6.12. The van der Waals surface area contributed by atoms with Gasteiger partial charge in [0.25, 0.3) is 5.91 Å². The van der Waals surface area contributed by atoms with E-state index in [0.717, 1.165) is 5.69 Å². The minimum Gasteiger partial charge on any atom is -0.493 e. The molecule has 27 heavy (non-hydrogen) atoms. The number of para-hydroxylation sites is 2. The van der Waals surface area contributed by atoms with Gasteiger partial charge in [0, 0.05) is 31.9 Å². The molecular weight excluding hydrogens is 346 g/mol. The smallest absolute Gasteiger partial charge is 0.321 e. The van der Waals surface area contributed by atoms with Gasteiger partial charge < -0.3 is 24.6 Å². The number of nitrogens with zero attached hydrogens (tertiary/aromatic N) is 2. The van der Waals surface area contributed by atoms with Crippen LogP contribution in [0.4, 0.5) is 10.5 Å². The summed E-state index contributed by atoms with van der Waals surface area (Å²) in [6.45, 7) is 1.86. The Balaban J connectivity index is 1.62. The van der Waals surface area contributed by atoms with Crippen LogP contribution in [-0.4, -0.2) is 62.1 Å². The molecule has 0 unspecified atom stereocenters. The quantitative estimate of drug-likeness (QED) is 0.900. The van der Waals surface area contributed by atoms with Crippen LogP contribution in [0.15, 0.2) is 48.5 Å². The summed E-state index contributed by atoms with van der Waals surface area (Å²) in [5.74, 6) is 0.812. The van der Waals surface area contributed by atoms with E-state index in [1.807, 2.05) is 30.3 Å². The van der Waals surface area contributed by atoms with Crippen molar-refractivity contribution >= 4 is 17.6 Å². The van der Waals surface area contributed by atoms with Crippen LogP contribution in [-0.2, 0) is 0 Å². The van der Waals surface area contributed by atoms with Gasteiger partial charge in [-0.25, -0.2) is 4.79 Å². The molecule has 0 spiro atoms. The summed E-state index contributed by atoms with van der Waals surface area (Å²) in [5, 5.41) is 2.87. The van der Waals surface area contributed by atoms with E-state index in [0.29, 0.717) is 43.2 Å². The molecule has 0 bridgehead atoms. The second kappa shape index (κ2) is 8.44. The van der Waals surface area contributed by atoms with Crippen molar-refractivity contribution < 1.29 is 19.1 Å². The molecule has 2 aromatic carbocycles. The number of anilines is 1. The molecule has 2 aromatic rings. The van der Waals surface area contributed by atoms with Gasteiger partial charge in [-0.05, 0) is 24.3 Å². The third-order valence-electron chi connectivity index (χ3n) is 4.51. The number of urea groups is 1. The lowest BCUT2D eigenvalue weighted by Crippen LogP contribution is -2.51. The van der Waals surface area contributed by atoms with Crippen LogP contribution in [0, 0.1) is 0 Å². The van der Waals surface area contributed by atoms with Crippen LogP contribution in [0.2, 0.25) is 0 Å². The van der Waals surface area contributed by atoms with E-state index in [1.54, 1.807) is 28.0 Å². The summed E-state index contributed by atoms with van der Waals surface area (Å²) in [4.78, 5) is 28.7. The van der Waals surface area contributed by atoms with Crippen molar-refractivity contribution in [1.82, 2.24) is 9.80 Å². The molecule has 1 heterocycles. The van der Waals surface area contributed by atoms with Crippen LogP contribution < -0.4 is 14.8 Å². The molecule has 1 aliphatic heterocycles. The topological polar surface area (TPSA) is 71.1 Å². The number of piperazine rings is 1. The first-order valence-electron chi connectivity index (χ1n) is 8.75. The normalized spacial score (nSPS) is 13.9. The average Bonchev–Trinajstić information content (AvgIpc) is 2.73. The maximum atomic E-state index is 12.9. The van der Waals surface area contributed by atoms with E-state index in [1.165, 1.54) is 14.2 Å². The predicted molar refractivity (Wildman–Crippen MR) is 102 cm³/mol. The van der Waals surface area contributed by atoms with Crippen LogP contribution >= 0.6 is 0 Å². The molecular formula is C20H23N3O4. The van der Waals surface area contributed by atoms with E-state index in [4.69, 9.17) is 9.47 Å². The van der Waals surface area contributed by atoms with Crippen molar-refractivity contribution in [2.24, 2.45) is 0 Å². The first kappa shape index (κ1) is 18.6. The molecule has 1 aliphatic rings. The molecule has 3 amide bonds. The molecule has 0 radical (unpaired) electrons. The average molecular weight is 369 g/mol. The number of amides is 3. The highest BCUT2D eigenvalue weighted by Gasteiger charge is 2.27. The molecule has 0 saturated carbocycles. The fraction of sp³-hybridized carbons (Fsp3) is 0.300. The van der Waals surface area contributed by atoms with E-state index < -0.39 is 0 Å². The second-order valence-electron chi connectivity index (χ2n) is 6.12. The highest BCUT2D eigenvalue weighted by Crippen LogP contribution is 2.31. The highest BCUT2D eigenvalue weighted by atomic mass is 16.5. The zero-order valence-corrected chi connectivity index (χ0v) is 15.5. The van der Waals surface area contributed by atoms with Crippen molar-refractivity contribution in [3.8, 4) is 11.5 Å². The molecule has 0 aliphatic carbocycles. The van der Waals surface area contributed by atoms with Crippen molar-refractivity contribution in [3.05, 3.63) is 54.1 Å². The maximum Gasteiger partial charge on any atom is 0.321 e. The van der Waals surface area contributed by atoms with Crippen molar-refractivity contribution in [1.29, 1.82) is 0 Å². The van der Waals surface area contributed by atoms with Crippen LogP contribution in [0.25, 0.3) is 0 Å². The number of carbonyl (C=O) groups is 2. The van der Waals surface area contributed by atoms with E-state index in [2.05, 4.69) is 5.32 Å². The number of hydrogen-bond donors (Lipinski definition) is 1. The summed E-state index contributed by atoms with van der Waals surface area (Å²) >= 11 is 0. The Morgan fingerprint density at radius 2 is 1.52 bits per heavy atom. The van der Waals surface area contributed by atoms with Gasteiger partial charge in [-0.3, -0.25) is 4.79 Å².